The van der Waals surface area contributed by atoms with Gasteiger partial charge < -0.3 is 4.74 Å². The lowest BCUT2D eigenvalue weighted by Gasteiger charge is -2.03. The third-order valence-electron chi connectivity index (χ3n) is 3.28. The van der Waals surface area contributed by atoms with Crippen molar-refractivity contribution in [2.75, 3.05) is 6.61 Å². The van der Waals surface area contributed by atoms with Crippen molar-refractivity contribution in [3.05, 3.63) is 49.5 Å². The maximum atomic E-state index is 12.7. The van der Waals surface area contributed by atoms with Crippen LogP contribution in [0.25, 0.3) is 10.2 Å². The molecule has 0 radical (unpaired) electrons. The summed E-state index contributed by atoms with van der Waals surface area (Å²) < 4.78 is 6.60. The highest BCUT2D eigenvalue weighted by molar-refractivity contribution is 7.20. The van der Waals surface area contributed by atoms with Crippen molar-refractivity contribution in [3.63, 3.8) is 0 Å². The number of carbonyl (C=O) groups is 1. The molecule has 0 unspecified atom stereocenters. The standard InChI is InChI=1S/C15H14N2O3S2/c1-3-20-15(19)12-9(2)11-13(22-12)16-8-17(14(11)18)7-10-5-4-6-21-10/h4-6,8H,3,7H2,1-2H3. The number of rotatable bonds is 4. The second-order valence-electron chi connectivity index (χ2n) is 4.71. The van der Waals surface area contributed by atoms with E-state index in [2.05, 4.69) is 4.98 Å². The van der Waals surface area contributed by atoms with Gasteiger partial charge in [0.15, 0.2) is 0 Å². The number of ether oxygens (including phenoxy) is 1. The SMILES string of the molecule is CCOC(=O)c1sc2ncn(Cc3cccs3)c(=O)c2c1C. The van der Waals surface area contributed by atoms with Gasteiger partial charge in [0.2, 0.25) is 0 Å². The average molecular weight is 334 g/mol. The molecule has 0 amide bonds. The van der Waals surface area contributed by atoms with E-state index in [-0.39, 0.29) is 5.56 Å². The molecular weight excluding hydrogens is 320 g/mol. The van der Waals surface area contributed by atoms with Crippen LogP contribution in [0, 0.1) is 6.92 Å². The first-order valence-electron chi connectivity index (χ1n) is 6.79. The van der Waals surface area contributed by atoms with Gasteiger partial charge in [-0.05, 0) is 30.9 Å². The summed E-state index contributed by atoms with van der Waals surface area (Å²) in [6.45, 7) is 4.32. The Morgan fingerprint density at radius 1 is 1.45 bits per heavy atom. The number of aromatic nitrogens is 2. The molecule has 3 aromatic rings. The Morgan fingerprint density at radius 3 is 2.95 bits per heavy atom. The van der Waals surface area contributed by atoms with E-state index in [1.54, 1.807) is 29.8 Å². The summed E-state index contributed by atoms with van der Waals surface area (Å²) in [5, 5.41) is 2.48. The lowest BCUT2D eigenvalue weighted by atomic mass is 10.2. The molecule has 3 heterocycles. The van der Waals surface area contributed by atoms with Crippen molar-refractivity contribution >= 4 is 38.9 Å². The Kier molecular flexibility index (Phi) is 4.08. The van der Waals surface area contributed by atoms with E-state index < -0.39 is 5.97 Å². The topological polar surface area (TPSA) is 61.2 Å². The maximum absolute atomic E-state index is 12.7. The first-order valence-corrected chi connectivity index (χ1v) is 8.49. The monoisotopic (exact) mass is 334 g/mol. The Morgan fingerprint density at radius 2 is 2.27 bits per heavy atom. The molecule has 0 bridgehead atoms. The highest BCUT2D eigenvalue weighted by Crippen LogP contribution is 2.27. The number of hydrogen-bond donors (Lipinski definition) is 0. The third-order valence-corrected chi connectivity index (χ3v) is 5.33. The van der Waals surface area contributed by atoms with Crippen LogP contribution in [0.3, 0.4) is 0 Å². The number of aryl methyl sites for hydroxylation is 1. The summed E-state index contributed by atoms with van der Waals surface area (Å²) in [6.07, 6.45) is 1.54. The van der Waals surface area contributed by atoms with E-state index in [1.807, 2.05) is 17.5 Å². The predicted octanol–water partition coefficient (Wildman–Crippen LogP) is 3.05. The van der Waals surface area contributed by atoms with Crippen LogP contribution in [0.15, 0.2) is 28.6 Å². The smallest absolute Gasteiger partial charge is 0.348 e. The second-order valence-corrected chi connectivity index (χ2v) is 6.75. The van der Waals surface area contributed by atoms with Crippen LogP contribution in [-0.4, -0.2) is 22.1 Å². The molecule has 0 spiro atoms. The fourth-order valence-electron chi connectivity index (χ4n) is 2.23. The molecule has 0 saturated heterocycles. The Hall–Kier alpha value is -1.99. The van der Waals surface area contributed by atoms with E-state index in [9.17, 15) is 9.59 Å². The Balaban J connectivity index is 2.09. The van der Waals surface area contributed by atoms with Gasteiger partial charge >= 0.3 is 5.97 Å². The molecule has 0 aliphatic heterocycles. The van der Waals surface area contributed by atoms with E-state index in [4.69, 9.17) is 4.74 Å². The van der Waals surface area contributed by atoms with Crippen molar-refractivity contribution in [2.24, 2.45) is 0 Å². The summed E-state index contributed by atoms with van der Waals surface area (Å²) in [7, 11) is 0. The summed E-state index contributed by atoms with van der Waals surface area (Å²) in [6, 6.07) is 3.93. The zero-order valence-electron chi connectivity index (χ0n) is 12.2. The van der Waals surface area contributed by atoms with Crippen LogP contribution in [0.4, 0.5) is 0 Å². The number of thiophene rings is 2. The van der Waals surface area contributed by atoms with E-state index >= 15 is 0 Å². The van der Waals surface area contributed by atoms with Gasteiger partial charge in [0, 0.05) is 4.88 Å². The number of fused-ring (bicyclic) bond motifs is 1. The number of hydrogen-bond acceptors (Lipinski definition) is 6. The normalized spacial score (nSPS) is 11.0. The minimum absolute atomic E-state index is 0.123. The minimum Gasteiger partial charge on any atom is -0.462 e. The highest BCUT2D eigenvalue weighted by Gasteiger charge is 2.20. The molecule has 0 atom stereocenters. The summed E-state index contributed by atoms with van der Waals surface area (Å²) >= 11 is 2.80. The number of esters is 1. The molecule has 0 N–H and O–H groups in total. The molecule has 0 aliphatic carbocycles. The fraction of sp³-hybridized carbons (Fsp3) is 0.267. The quantitative estimate of drug-likeness (QED) is 0.688. The van der Waals surface area contributed by atoms with Gasteiger partial charge in [-0.25, -0.2) is 9.78 Å². The van der Waals surface area contributed by atoms with Crippen LogP contribution >= 0.6 is 22.7 Å². The fourth-order valence-corrected chi connectivity index (χ4v) is 3.97. The van der Waals surface area contributed by atoms with Gasteiger partial charge in [-0.2, -0.15) is 0 Å². The van der Waals surface area contributed by atoms with E-state index in [0.29, 0.717) is 33.8 Å². The zero-order valence-corrected chi connectivity index (χ0v) is 13.8. The van der Waals surface area contributed by atoms with Crippen LogP contribution in [-0.2, 0) is 11.3 Å². The van der Waals surface area contributed by atoms with Gasteiger partial charge in [-0.1, -0.05) is 6.07 Å². The molecule has 0 saturated carbocycles. The average Bonchev–Trinajstić information content (AvgIpc) is 3.10. The van der Waals surface area contributed by atoms with Gasteiger partial charge in [0.25, 0.3) is 5.56 Å². The van der Waals surface area contributed by atoms with Gasteiger partial charge in [-0.15, -0.1) is 22.7 Å². The molecule has 7 heteroatoms. The molecule has 0 aromatic carbocycles. The van der Waals surface area contributed by atoms with Crippen molar-refractivity contribution < 1.29 is 9.53 Å². The third kappa shape index (κ3) is 2.57. The summed E-state index contributed by atoms with van der Waals surface area (Å²) in [5.41, 5.74) is 0.527. The van der Waals surface area contributed by atoms with Gasteiger partial charge in [0.05, 0.1) is 24.9 Å². The van der Waals surface area contributed by atoms with Crippen molar-refractivity contribution in [2.45, 2.75) is 20.4 Å². The van der Waals surface area contributed by atoms with E-state index in [0.717, 1.165) is 4.88 Å². The molecule has 3 aromatic heterocycles. The predicted molar refractivity (Wildman–Crippen MR) is 88.0 cm³/mol. The number of carbonyl (C=O) groups excluding carboxylic acids is 1. The van der Waals surface area contributed by atoms with Crippen LogP contribution in [0.2, 0.25) is 0 Å². The first-order chi connectivity index (χ1) is 10.6. The maximum Gasteiger partial charge on any atom is 0.348 e. The van der Waals surface area contributed by atoms with Gasteiger partial charge in [-0.3, -0.25) is 9.36 Å². The second kappa shape index (κ2) is 6.02. The van der Waals surface area contributed by atoms with Crippen molar-refractivity contribution in [3.8, 4) is 0 Å². The molecule has 22 heavy (non-hydrogen) atoms. The Labute approximate surface area is 134 Å². The molecule has 5 nitrogen and oxygen atoms in total. The van der Waals surface area contributed by atoms with Crippen molar-refractivity contribution in [1.82, 2.24) is 9.55 Å². The number of nitrogens with zero attached hydrogens (tertiary/aromatic N) is 2. The zero-order chi connectivity index (χ0) is 15.7. The van der Waals surface area contributed by atoms with Crippen molar-refractivity contribution in [1.29, 1.82) is 0 Å². The summed E-state index contributed by atoms with van der Waals surface area (Å²) in [5.74, 6) is -0.396. The summed E-state index contributed by atoms with van der Waals surface area (Å²) in [4.78, 5) is 31.0. The molecular formula is C15H14N2O3S2. The highest BCUT2D eigenvalue weighted by atomic mass is 32.1. The first kappa shape index (κ1) is 14.9. The van der Waals surface area contributed by atoms with Crippen LogP contribution in [0.1, 0.15) is 27.0 Å². The lowest BCUT2D eigenvalue weighted by molar-refractivity contribution is 0.0531. The lowest BCUT2D eigenvalue weighted by Crippen LogP contribution is -2.20. The van der Waals surface area contributed by atoms with Gasteiger partial charge in [0.1, 0.15) is 9.71 Å². The molecule has 114 valence electrons. The molecule has 0 aliphatic rings. The largest absolute Gasteiger partial charge is 0.462 e. The molecule has 3 rings (SSSR count). The molecule has 0 fully saturated rings. The van der Waals surface area contributed by atoms with Crippen LogP contribution < -0.4 is 5.56 Å². The Bertz CT molecular complexity index is 878. The minimum atomic E-state index is -0.396. The van der Waals surface area contributed by atoms with Crippen LogP contribution in [0.5, 0.6) is 0 Å². The van der Waals surface area contributed by atoms with E-state index in [1.165, 1.54) is 17.7 Å².